The molecule has 0 amide bonds. The Hall–Kier alpha value is -2.80. The summed E-state index contributed by atoms with van der Waals surface area (Å²) in [5, 5.41) is 0.641. The van der Waals surface area contributed by atoms with Gasteiger partial charge in [0.2, 0.25) is 5.78 Å². The molecule has 0 aliphatic heterocycles. The Kier molecular flexibility index (Phi) is 2.76. The van der Waals surface area contributed by atoms with Crippen LogP contribution in [0.5, 0.6) is 0 Å². The van der Waals surface area contributed by atoms with Gasteiger partial charge in [-0.3, -0.25) is 23.3 Å². The summed E-state index contributed by atoms with van der Waals surface area (Å²) in [6.07, 6.45) is 1.82. The van der Waals surface area contributed by atoms with Gasteiger partial charge in [0.1, 0.15) is 0 Å². The van der Waals surface area contributed by atoms with Crippen molar-refractivity contribution in [3.8, 4) is 5.69 Å². The first-order chi connectivity index (χ1) is 11.0. The summed E-state index contributed by atoms with van der Waals surface area (Å²) < 4.78 is 4.92. The lowest BCUT2D eigenvalue weighted by Crippen LogP contribution is -2.28. The molecule has 0 aliphatic carbocycles. The number of nitrogens with zero attached hydrogens (tertiary/aromatic N) is 4. The number of aryl methyl sites for hydroxylation is 2. The van der Waals surface area contributed by atoms with Crippen LogP contribution in [-0.4, -0.2) is 23.5 Å². The van der Waals surface area contributed by atoms with Crippen molar-refractivity contribution >= 4 is 28.5 Å². The molecular weight excluding hydrogens is 318 g/mol. The molecule has 4 rings (SSSR count). The lowest BCUT2D eigenvalue weighted by molar-refractivity contribution is 0.831. The number of benzene rings is 1. The van der Waals surface area contributed by atoms with Gasteiger partial charge in [0.25, 0.3) is 5.56 Å². The van der Waals surface area contributed by atoms with Crippen LogP contribution in [0.3, 0.4) is 0 Å². The summed E-state index contributed by atoms with van der Waals surface area (Å²) in [6, 6.07) is 7.33. The van der Waals surface area contributed by atoms with Crippen LogP contribution in [-0.2, 0) is 7.05 Å². The van der Waals surface area contributed by atoms with Crippen LogP contribution in [0, 0.1) is 6.92 Å². The fourth-order valence-corrected chi connectivity index (χ4v) is 2.91. The van der Waals surface area contributed by atoms with E-state index in [0.29, 0.717) is 22.0 Å². The van der Waals surface area contributed by atoms with E-state index in [1.165, 1.54) is 4.57 Å². The highest BCUT2D eigenvalue weighted by atomic mass is 35.5. The van der Waals surface area contributed by atoms with E-state index >= 15 is 0 Å². The van der Waals surface area contributed by atoms with Crippen LogP contribution in [0.4, 0.5) is 0 Å². The maximum absolute atomic E-state index is 12.2. The number of hydrogen-bond donors (Lipinski definition) is 1. The van der Waals surface area contributed by atoms with Gasteiger partial charge in [-0.1, -0.05) is 11.6 Å². The lowest BCUT2D eigenvalue weighted by Gasteiger charge is -2.05. The van der Waals surface area contributed by atoms with Crippen LogP contribution in [0.25, 0.3) is 22.6 Å². The number of aromatic amines is 1. The summed E-state index contributed by atoms with van der Waals surface area (Å²) in [4.78, 5) is 30.7. The predicted octanol–water partition coefficient (Wildman–Crippen LogP) is 1.63. The highest BCUT2D eigenvalue weighted by Gasteiger charge is 2.17. The zero-order valence-corrected chi connectivity index (χ0v) is 13.1. The first-order valence-corrected chi connectivity index (χ1v) is 7.30. The maximum atomic E-state index is 12.2. The smallest absolute Gasteiger partial charge is 0.283 e. The van der Waals surface area contributed by atoms with Crippen molar-refractivity contribution in [3.63, 3.8) is 0 Å². The summed E-state index contributed by atoms with van der Waals surface area (Å²) in [6.45, 7) is 1.92. The van der Waals surface area contributed by atoms with Gasteiger partial charge in [0.05, 0.1) is 0 Å². The Morgan fingerprint density at radius 3 is 2.57 bits per heavy atom. The van der Waals surface area contributed by atoms with Crippen LogP contribution in [0.15, 0.2) is 40.1 Å². The molecule has 1 N–H and O–H groups in total. The number of imidazole rings is 2. The number of fused-ring (bicyclic) bond motifs is 3. The second kappa shape index (κ2) is 4.60. The van der Waals surface area contributed by atoms with E-state index in [1.54, 1.807) is 23.6 Å². The molecule has 0 spiro atoms. The molecule has 1 aromatic carbocycles. The number of hydrogen-bond acceptors (Lipinski definition) is 3. The van der Waals surface area contributed by atoms with Gasteiger partial charge < -0.3 is 0 Å². The van der Waals surface area contributed by atoms with E-state index in [0.717, 1.165) is 11.4 Å². The van der Waals surface area contributed by atoms with E-state index in [-0.39, 0.29) is 0 Å². The number of nitrogens with one attached hydrogen (secondary N) is 1. The lowest BCUT2D eigenvalue weighted by atomic mass is 10.3. The summed E-state index contributed by atoms with van der Waals surface area (Å²) in [7, 11) is 1.58. The van der Waals surface area contributed by atoms with E-state index in [9.17, 15) is 9.59 Å². The Morgan fingerprint density at radius 2 is 1.87 bits per heavy atom. The maximum Gasteiger partial charge on any atom is 0.329 e. The Labute approximate surface area is 134 Å². The molecule has 4 aromatic rings. The highest BCUT2D eigenvalue weighted by Crippen LogP contribution is 2.21. The van der Waals surface area contributed by atoms with Crippen molar-refractivity contribution < 1.29 is 0 Å². The van der Waals surface area contributed by atoms with E-state index in [1.807, 2.05) is 29.8 Å². The molecule has 0 aliphatic rings. The van der Waals surface area contributed by atoms with Gasteiger partial charge in [-0.15, -0.1) is 0 Å². The van der Waals surface area contributed by atoms with Gasteiger partial charge >= 0.3 is 5.69 Å². The average molecular weight is 330 g/mol. The third-order valence-electron chi connectivity index (χ3n) is 3.89. The first-order valence-electron chi connectivity index (χ1n) is 6.93. The summed E-state index contributed by atoms with van der Waals surface area (Å²) >= 11 is 5.94. The van der Waals surface area contributed by atoms with Crippen molar-refractivity contribution in [1.82, 2.24) is 23.5 Å². The van der Waals surface area contributed by atoms with E-state index in [2.05, 4.69) is 9.97 Å². The molecule has 0 radical (unpaired) electrons. The third kappa shape index (κ3) is 1.86. The van der Waals surface area contributed by atoms with Gasteiger partial charge in [-0.05, 0) is 31.2 Å². The van der Waals surface area contributed by atoms with E-state index in [4.69, 9.17) is 11.6 Å². The molecule has 0 saturated heterocycles. The molecule has 0 bridgehead atoms. The van der Waals surface area contributed by atoms with Crippen molar-refractivity contribution in [2.24, 2.45) is 7.05 Å². The molecular formula is C15H12ClN5O2. The Morgan fingerprint density at radius 1 is 1.17 bits per heavy atom. The first kappa shape index (κ1) is 13.8. The molecule has 0 unspecified atom stereocenters. The average Bonchev–Trinajstić information content (AvgIpc) is 3.01. The topological polar surface area (TPSA) is 77.1 Å². The monoisotopic (exact) mass is 329 g/mol. The van der Waals surface area contributed by atoms with Crippen molar-refractivity contribution in [3.05, 3.63) is 62.0 Å². The molecule has 3 aromatic heterocycles. The fourth-order valence-electron chi connectivity index (χ4n) is 2.78. The minimum absolute atomic E-state index is 0.344. The molecule has 0 atom stereocenters. The van der Waals surface area contributed by atoms with Gasteiger partial charge in [0, 0.05) is 29.6 Å². The molecule has 8 heteroatoms. The predicted molar refractivity (Wildman–Crippen MR) is 87.6 cm³/mol. The number of H-pyrrole nitrogens is 1. The Bertz CT molecular complexity index is 1180. The molecule has 3 heterocycles. The zero-order chi connectivity index (χ0) is 16.3. The molecule has 0 saturated carbocycles. The number of halogens is 1. The summed E-state index contributed by atoms with van der Waals surface area (Å²) in [5.74, 6) is 0.562. The van der Waals surface area contributed by atoms with Crippen LogP contribution in [0.2, 0.25) is 5.02 Å². The van der Waals surface area contributed by atoms with Crippen LogP contribution < -0.4 is 11.2 Å². The normalized spacial score (nSPS) is 11.6. The van der Waals surface area contributed by atoms with Crippen LogP contribution >= 0.6 is 11.6 Å². The number of aromatic nitrogens is 5. The minimum Gasteiger partial charge on any atom is -0.283 e. The van der Waals surface area contributed by atoms with Crippen molar-refractivity contribution in [1.29, 1.82) is 0 Å². The number of rotatable bonds is 1. The van der Waals surface area contributed by atoms with Crippen LogP contribution in [0.1, 0.15) is 5.69 Å². The standard InChI is InChI=1S/C15H12ClN5O2/c1-8-7-20-11-12(19(2)15(23)18-13(11)22)17-14(20)21(8)10-5-3-9(16)4-6-10/h3-7H,1-2H3,(H,18,22,23). The van der Waals surface area contributed by atoms with Crippen molar-refractivity contribution in [2.45, 2.75) is 6.92 Å². The summed E-state index contributed by atoms with van der Waals surface area (Å²) in [5.41, 5.74) is 1.53. The third-order valence-corrected chi connectivity index (χ3v) is 4.14. The Balaban J connectivity index is 2.17. The molecule has 7 nitrogen and oxygen atoms in total. The van der Waals surface area contributed by atoms with Gasteiger partial charge in [-0.2, -0.15) is 4.98 Å². The van der Waals surface area contributed by atoms with Gasteiger partial charge in [-0.25, -0.2) is 4.79 Å². The second-order valence-electron chi connectivity index (χ2n) is 5.35. The second-order valence-corrected chi connectivity index (χ2v) is 5.79. The SMILES string of the molecule is Cc1cn2c3c(=O)[nH]c(=O)n(C)c3nc2n1-c1ccc(Cl)cc1. The van der Waals surface area contributed by atoms with Crippen molar-refractivity contribution in [2.75, 3.05) is 0 Å². The minimum atomic E-state index is -0.488. The zero-order valence-electron chi connectivity index (χ0n) is 12.4. The van der Waals surface area contributed by atoms with Gasteiger partial charge in [0.15, 0.2) is 11.2 Å². The highest BCUT2D eigenvalue weighted by molar-refractivity contribution is 6.30. The molecule has 23 heavy (non-hydrogen) atoms. The quantitative estimate of drug-likeness (QED) is 0.576. The largest absolute Gasteiger partial charge is 0.329 e. The molecule has 116 valence electrons. The molecule has 0 fully saturated rings. The van der Waals surface area contributed by atoms with E-state index < -0.39 is 11.2 Å². The fraction of sp³-hybridized carbons (Fsp3) is 0.133.